The molecular weight excluding hydrogens is 602 g/mol. The van der Waals surface area contributed by atoms with Gasteiger partial charge in [0.25, 0.3) is 0 Å². The molecule has 6 atom stereocenters. The molecule has 48 heavy (non-hydrogen) atoms. The first-order valence-corrected chi connectivity index (χ1v) is 16.3. The van der Waals surface area contributed by atoms with Gasteiger partial charge in [-0.2, -0.15) is 0 Å². The molecule has 8 rings (SSSR count). The maximum Gasteiger partial charge on any atom is 0.238 e. The molecule has 238 valence electrons. The van der Waals surface area contributed by atoms with Crippen LogP contribution in [0.2, 0.25) is 0 Å². The molecule has 7 nitrogen and oxygen atoms in total. The molecule has 4 aromatic carbocycles. The van der Waals surface area contributed by atoms with Gasteiger partial charge in [-0.05, 0) is 54.2 Å². The highest BCUT2D eigenvalue weighted by atomic mass is 16.5. The molecule has 0 aromatic heterocycles. The minimum absolute atomic E-state index is 0.0742. The van der Waals surface area contributed by atoms with Gasteiger partial charge in [0.15, 0.2) is 11.6 Å². The van der Waals surface area contributed by atoms with Crippen molar-refractivity contribution in [3.05, 3.63) is 144 Å². The Morgan fingerprint density at radius 1 is 0.792 bits per heavy atom. The van der Waals surface area contributed by atoms with Crippen molar-refractivity contribution >= 4 is 34.6 Å². The number of hydrogen-bond donors (Lipinski definition) is 1. The number of anilines is 1. The van der Waals surface area contributed by atoms with Crippen molar-refractivity contribution in [1.29, 1.82) is 0 Å². The molecule has 4 aromatic rings. The number of aromatic hydroxyl groups is 1. The lowest BCUT2D eigenvalue weighted by molar-refractivity contribution is -0.135. The Balaban J connectivity index is 1.38. The number of carbonyl (C=O) groups is 4. The fourth-order valence-corrected chi connectivity index (χ4v) is 8.94. The molecule has 1 saturated carbocycles. The zero-order chi connectivity index (χ0) is 33.2. The third kappa shape index (κ3) is 4.20. The van der Waals surface area contributed by atoms with Crippen molar-refractivity contribution in [1.82, 2.24) is 0 Å². The lowest BCUT2D eigenvalue weighted by Gasteiger charge is -2.55. The molecule has 1 saturated heterocycles. The van der Waals surface area contributed by atoms with Crippen molar-refractivity contribution in [3.63, 3.8) is 0 Å². The molecule has 1 N–H and O–H groups in total. The minimum atomic E-state index is -1.41. The van der Waals surface area contributed by atoms with Gasteiger partial charge in [-0.25, -0.2) is 0 Å². The van der Waals surface area contributed by atoms with Crippen LogP contribution in [-0.4, -0.2) is 35.6 Å². The highest BCUT2D eigenvalue weighted by Gasteiger charge is 2.66. The van der Waals surface area contributed by atoms with E-state index < -0.39 is 35.0 Å². The number of methoxy groups -OCH3 is 1. The number of phenols is 1. The second-order valence-corrected chi connectivity index (χ2v) is 13.1. The summed E-state index contributed by atoms with van der Waals surface area (Å²) in [5.74, 6) is -4.14. The molecule has 2 fully saturated rings. The van der Waals surface area contributed by atoms with E-state index in [2.05, 4.69) is 0 Å². The van der Waals surface area contributed by atoms with Crippen molar-refractivity contribution in [2.75, 3.05) is 12.0 Å². The Kier molecular flexibility index (Phi) is 7.02. The van der Waals surface area contributed by atoms with Crippen LogP contribution in [0.5, 0.6) is 11.5 Å². The summed E-state index contributed by atoms with van der Waals surface area (Å²) in [7, 11) is 1.51. The first-order valence-electron chi connectivity index (χ1n) is 16.3. The normalized spacial score (nSPS) is 27.9. The molecule has 1 aliphatic heterocycles. The lowest BCUT2D eigenvalue weighted by atomic mass is 9.44. The Bertz CT molecular complexity index is 2040. The highest BCUT2D eigenvalue weighted by Crippen LogP contribution is 2.64. The average Bonchev–Trinajstić information content (AvgIpc) is 3.39. The summed E-state index contributed by atoms with van der Waals surface area (Å²) in [6.07, 6.45) is 3.98. The van der Waals surface area contributed by atoms with Crippen LogP contribution in [0.4, 0.5) is 5.69 Å². The number of imide groups is 1. The number of ketones is 2. The zero-order valence-corrected chi connectivity index (χ0v) is 26.3. The highest BCUT2D eigenvalue weighted by molar-refractivity contribution is 6.32. The number of para-hydroxylation sites is 1. The summed E-state index contributed by atoms with van der Waals surface area (Å²) >= 11 is 0. The van der Waals surface area contributed by atoms with E-state index in [9.17, 15) is 19.5 Å². The van der Waals surface area contributed by atoms with Gasteiger partial charge in [-0.1, -0.05) is 96.6 Å². The van der Waals surface area contributed by atoms with Gasteiger partial charge in [0.2, 0.25) is 11.8 Å². The van der Waals surface area contributed by atoms with Gasteiger partial charge in [-0.15, -0.1) is 0 Å². The number of rotatable bonds is 5. The van der Waals surface area contributed by atoms with Crippen LogP contribution in [0.1, 0.15) is 35.4 Å². The summed E-state index contributed by atoms with van der Waals surface area (Å²) < 4.78 is 5.41. The summed E-state index contributed by atoms with van der Waals surface area (Å²) in [6, 6.07) is 32.4. The van der Waals surface area contributed by atoms with E-state index in [0.717, 1.165) is 5.57 Å². The monoisotopic (exact) mass is 635 g/mol. The van der Waals surface area contributed by atoms with Crippen LogP contribution in [0.3, 0.4) is 0 Å². The fraction of sp³-hybridized carbons (Fsp3) is 0.220. The number of hydrogen-bond acceptors (Lipinski definition) is 6. The van der Waals surface area contributed by atoms with Crippen molar-refractivity contribution in [2.45, 2.75) is 24.2 Å². The first-order chi connectivity index (χ1) is 23.4. The average molecular weight is 636 g/mol. The van der Waals surface area contributed by atoms with Crippen LogP contribution in [-0.2, 0) is 24.6 Å². The third-order valence-electron chi connectivity index (χ3n) is 10.9. The third-order valence-corrected chi connectivity index (χ3v) is 10.9. The number of phenolic OH excluding ortho intramolecular Hbond substituents is 1. The number of nitrogens with zero attached hydrogens (tertiary/aromatic N) is 1. The standard InChI is InChI=1S/C41H33NO6/c1-48-27-17-18-29(34(43)21-27)37-28-19-20-30-36(40(47)42(39(30)46)26-15-9-4-10-16-26)32(28)22-33-38(45)31(24-11-5-2-6-12-24)23-35(44)41(33,37)25-13-7-3-8-14-25/h2-19,21,23,30,32-33,36-37,43H,20,22H2,1H3/t30-,32+,33-,36-,37+,41-/m0/s1. The molecule has 0 unspecified atom stereocenters. The number of ether oxygens (including phenoxy) is 1. The molecule has 2 amide bonds. The summed E-state index contributed by atoms with van der Waals surface area (Å²) in [6.45, 7) is 0. The second-order valence-electron chi connectivity index (χ2n) is 13.1. The Hall–Kier alpha value is -5.56. The number of amides is 2. The van der Waals surface area contributed by atoms with Gasteiger partial charge in [0.05, 0.1) is 30.0 Å². The van der Waals surface area contributed by atoms with Crippen molar-refractivity contribution < 1.29 is 29.0 Å². The Morgan fingerprint density at radius 2 is 1.46 bits per heavy atom. The maximum absolute atomic E-state index is 15.1. The summed E-state index contributed by atoms with van der Waals surface area (Å²) in [4.78, 5) is 59.6. The number of benzene rings is 4. The molecule has 4 aliphatic rings. The summed E-state index contributed by atoms with van der Waals surface area (Å²) in [5, 5.41) is 11.6. The van der Waals surface area contributed by atoms with Gasteiger partial charge >= 0.3 is 0 Å². The molecule has 3 aliphatic carbocycles. The molecular formula is C41H33NO6. The van der Waals surface area contributed by atoms with Crippen molar-refractivity contribution in [3.8, 4) is 11.5 Å². The quantitative estimate of drug-likeness (QED) is 0.200. The van der Waals surface area contributed by atoms with Crippen molar-refractivity contribution in [2.24, 2.45) is 23.7 Å². The number of carbonyl (C=O) groups excluding carboxylic acids is 4. The van der Waals surface area contributed by atoms with Crippen LogP contribution in [0.25, 0.3) is 5.57 Å². The molecule has 0 spiro atoms. The number of allylic oxidation sites excluding steroid dienone is 4. The smallest absolute Gasteiger partial charge is 0.238 e. The van der Waals surface area contributed by atoms with Crippen LogP contribution in [0.15, 0.2) is 127 Å². The second kappa shape index (κ2) is 11.3. The maximum atomic E-state index is 15.1. The zero-order valence-electron chi connectivity index (χ0n) is 26.3. The Morgan fingerprint density at radius 3 is 2.12 bits per heavy atom. The van der Waals surface area contributed by atoms with Gasteiger partial charge in [0.1, 0.15) is 11.5 Å². The van der Waals surface area contributed by atoms with E-state index in [1.807, 2.05) is 72.8 Å². The number of Topliss-reactive ketones (excluding diaryl/α,β-unsaturated/α-hetero) is 1. The van der Waals surface area contributed by atoms with E-state index >= 15 is 4.79 Å². The number of fused-ring (bicyclic) bond motifs is 4. The molecule has 7 heteroatoms. The summed E-state index contributed by atoms with van der Waals surface area (Å²) in [5.41, 5.74) is 2.00. The first kappa shape index (κ1) is 29.8. The van der Waals surface area contributed by atoms with E-state index in [0.29, 0.717) is 40.1 Å². The van der Waals surface area contributed by atoms with Gasteiger partial charge in [-0.3, -0.25) is 24.1 Å². The molecule has 0 radical (unpaired) electrons. The topological polar surface area (TPSA) is 101 Å². The minimum Gasteiger partial charge on any atom is -0.508 e. The van der Waals surface area contributed by atoms with Gasteiger partial charge < -0.3 is 9.84 Å². The van der Waals surface area contributed by atoms with E-state index in [-0.39, 0.29) is 35.6 Å². The van der Waals surface area contributed by atoms with E-state index in [1.165, 1.54) is 24.2 Å². The van der Waals surface area contributed by atoms with E-state index in [4.69, 9.17) is 4.74 Å². The van der Waals surface area contributed by atoms with Crippen LogP contribution < -0.4 is 9.64 Å². The van der Waals surface area contributed by atoms with Crippen LogP contribution >= 0.6 is 0 Å². The lowest BCUT2D eigenvalue weighted by Crippen LogP contribution is -2.58. The Labute approximate surface area is 278 Å². The predicted octanol–water partition coefficient (Wildman–Crippen LogP) is 6.43. The van der Waals surface area contributed by atoms with Gasteiger partial charge in [0, 0.05) is 29.0 Å². The largest absolute Gasteiger partial charge is 0.508 e. The molecule has 1 heterocycles. The van der Waals surface area contributed by atoms with E-state index in [1.54, 1.807) is 36.4 Å². The predicted molar refractivity (Wildman–Crippen MR) is 180 cm³/mol. The SMILES string of the molecule is COc1ccc([C@H]2C3=CC[C@@H]4C(=O)N(c5ccccc5)C(=O)[C@@H]4[C@@H]3C[C@H]3C(=O)C(c4ccccc4)=CC(=O)[C@@]23c2ccccc2)c(O)c1. The molecule has 0 bridgehead atoms. The fourth-order valence-electron chi connectivity index (χ4n) is 8.94. The van der Waals surface area contributed by atoms with Crippen LogP contribution in [0, 0.1) is 23.7 Å².